The van der Waals surface area contributed by atoms with Gasteiger partial charge in [0.1, 0.15) is 0 Å². The fraction of sp³-hybridized carbons (Fsp3) is 0.250. The Bertz CT molecular complexity index is 301. The smallest absolute Gasteiger partial charge is 0.330 e. The number of esters is 1. The van der Waals surface area contributed by atoms with Crippen LogP contribution in [0, 0.1) is 0 Å². The molecule has 1 aromatic carbocycles. The van der Waals surface area contributed by atoms with Gasteiger partial charge in [0.2, 0.25) is 0 Å². The van der Waals surface area contributed by atoms with E-state index in [0.717, 1.165) is 6.42 Å². The van der Waals surface area contributed by atoms with Crippen molar-refractivity contribution in [3.05, 3.63) is 48.0 Å². The largest absolute Gasteiger partial charge is 0.463 e. The van der Waals surface area contributed by atoms with Crippen molar-refractivity contribution in [1.29, 1.82) is 0 Å². The topological polar surface area (TPSA) is 26.3 Å². The maximum absolute atomic E-state index is 10.9. The van der Waals surface area contributed by atoms with Crippen LogP contribution >= 0.6 is 0 Å². The minimum atomic E-state index is -0.275. The average Bonchev–Trinajstić information content (AvgIpc) is 2.20. The van der Waals surface area contributed by atoms with E-state index >= 15 is 0 Å². The number of carbonyl (C=O) groups is 1. The number of ether oxygens (including phenoxy) is 1. The first-order valence-corrected chi connectivity index (χ1v) is 4.70. The Morgan fingerprint density at radius 3 is 2.71 bits per heavy atom. The second-order valence-electron chi connectivity index (χ2n) is 2.84. The molecule has 0 aliphatic heterocycles. The van der Waals surface area contributed by atoms with Gasteiger partial charge in [0.05, 0.1) is 6.61 Å². The van der Waals surface area contributed by atoms with Crippen LogP contribution in [0.4, 0.5) is 0 Å². The molecule has 0 unspecified atom stereocenters. The first kappa shape index (κ1) is 10.5. The van der Waals surface area contributed by atoms with Crippen molar-refractivity contribution < 1.29 is 9.53 Å². The summed E-state index contributed by atoms with van der Waals surface area (Å²) >= 11 is 0. The molecule has 2 nitrogen and oxygen atoms in total. The number of hydrogen-bond donors (Lipinski definition) is 0. The Balaban J connectivity index is 2.37. The van der Waals surface area contributed by atoms with Crippen LogP contribution < -0.4 is 0 Å². The minimum Gasteiger partial charge on any atom is -0.463 e. The van der Waals surface area contributed by atoms with Crippen LogP contribution in [-0.2, 0) is 16.0 Å². The molecule has 0 amide bonds. The van der Waals surface area contributed by atoms with Crippen LogP contribution in [0.3, 0.4) is 0 Å². The van der Waals surface area contributed by atoms with Gasteiger partial charge in [-0.1, -0.05) is 36.4 Å². The molecule has 0 spiro atoms. The molecular weight excluding hydrogens is 176 g/mol. The lowest BCUT2D eigenvalue weighted by Gasteiger charge is -1.95. The second kappa shape index (κ2) is 5.97. The zero-order valence-corrected chi connectivity index (χ0v) is 8.27. The molecule has 14 heavy (non-hydrogen) atoms. The van der Waals surface area contributed by atoms with Gasteiger partial charge in [-0.15, -0.1) is 0 Å². The summed E-state index contributed by atoms with van der Waals surface area (Å²) < 4.78 is 4.75. The molecule has 0 N–H and O–H groups in total. The molecule has 2 heteroatoms. The summed E-state index contributed by atoms with van der Waals surface area (Å²) in [6.07, 6.45) is 4.05. The molecule has 74 valence electrons. The molecule has 0 aromatic heterocycles. The molecule has 1 rings (SSSR count). The van der Waals surface area contributed by atoms with Crippen molar-refractivity contribution in [2.75, 3.05) is 6.61 Å². The van der Waals surface area contributed by atoms with Gasteiger partial charge in [-0.05, 0) is 18.9 Å². The number of carbonyl (C=O) groups excluding carboxylic acids is 1. The minimum absolute atomic E-state index is 0.275. The van der Waals surface area contributed by atoms with Gasteiger partial charge in [0.15, 0.2) is 0 Å². The highest BCUT2D eigenvalue weighted by Gasteiger charge is 1.92. The van der Waals surface area contributed by atoms with Crippen molar-refractivity contribution in [1.82, 2.24) is 0 Å². The van der Waals surface area contributed by atoms with E-state index in [9.17, 15) is 4.79 Å². The highest BCUT2D eigenvalue weighted by molar-refractivity contribution is 5.81. The Morgan fingerprint density at radius 1 is 1.36 bits per heavy atom. The van der Waals surface area contributed by atoms with Crippen molar-refractivity contribution in [2.45, 2.75) is 13.3 Å². The van der Waals surface area contributed by atoms with Crippen LogP contribution in [-0.4, -0.2) is 12.6 Å². The molecular formula is C12H14O2. The Kier molecular flexibility index (Phi) is 4.48. The predicted octanol–water partition coefficient (Wildman–Crippen LogP) is 2.35. The Hall–Kier alpha value is -1.57. The fourth-order valence-corrected chi connectivity index (χ4v) is 1.10. The van der Waals surface area contributed by atoms with Gasteiger partial charge < -0.3 is 4.74 Å². The summed E-state index contributed by atoms with van der Waals surface area (Å²) in [5.74, 6) is -0.275. The lowest BCUT2D eigenvalue weighted by atomic mass is 10.1. The molecule has 0 aliphatic carbocycles. The quantitative estimate of drug-likeness (QED) is 0.538. The van der Waals surface area contributed by atoms with Gasteiger partial charge in [-0.25, -0.2) is 4.79 Å². The van der Waals surface area contributed by atoms with Crippen LogP contribution in [0.1, 0.15) is 12.5 Å². The van der Waals surface area contributed by atoms with E-state index in [1.165, 1.54) is 11.6 Å². The van der Waals surface area contributed by atoms with Gasteiger partial charge in [0, 0.05) is 6.08 Å². The standard InChI is InChI=1S/C12H14O2/c1-2-14-12(13)10-6-9-11-7-4-3-5-8-11/h3-8,10H,2,9H2,1H3/b10-6-. The summed E-state index contributed by atoms with van der Waals surface area (Å²) in [5.41, 5.74) is 1.19. The van der Waals surface area contributed by atoms with E-state index in [4.69, 9.17) is 4.74 Å². The predicted molar refractivity (Wildman–Crippen MR) is 55.9 cm³/mol. The lowest BCUT2D eigenvalue weighted by Crippen LogP contribution is -1.98. The van der Waals surface area contributed by atoms with E-state index in [0.29, 0.717) is 6.61 Å². The van der Waals surface area contributed by atoms with Crippen molar-refractivity contribution in [3.63, 3.8) is 0 Å². The van der Waals surface area contributed by atoms with E-state index in [1.807, 2.05) is 36.4 Å². The van der Waals surface area contributed by atoms with Gasteiger partial charge in [-0.2, -0.15) is 0 Å². The number of benzene rings is 1. The molecule has 0 atom stereocenters. The average molecular weight is 190 g/mol. The van der Waals surface area contributed by atoms with Crippen molar-refractivity contribution in [3.8, 4) is 0 Å². The summed E-state index contributed by atoms with van der Waals surface area (Å²) in [6.45, 7) is 2.22. The summed E-state index contributed by atoms with van der Waals surface area (Å²) in [5, 5.41) is 0. The zero-order valence-electron chi connectivity index (χ0n) is 8.27. The van der Waals surface area contributed by atoms with Gasteiger partial charge >= 0.3 is 5.97 Å². The summed E-state index contributed by atoms with van der Waals surface area (Å²) in [6, 6.07) is 9.98. The number of hydrogen-bond acceptors (Lipinski definition) is 2. The van der Waals surface area contributed by atoms with E-state index in [2.05, 4.69) is 0 Å². The third-order valence-electron chi connectivity index (χ3n) is 1.74. The monoisotopic (exact) mass is 190 g/mol. The normalized spacial score (nSPS) is 10.4. The van der Waals surface area contributed by atoms with Crippen molar-refractivity contribution in [2.24, 2.45) is 0 Å². The highest BCUT2D eigenvalue weighted by Crippen LogP contribution is 1.99. The summed E-state index contributed by atoms with van der Waals surface area (Å²) in [7, 11) is 0. The van der Waals surface area contributed by atoms with E-state index in [1.54, 1.807) is 6.92 Å². The summed E-state index contributed by atoms with van der Waals surface area (Å²) in [4.78, 5) is 10.9. The molecule has 0 fully saturated rings. The van der Waals surface area contributed by atoms with E-state index < -0.39 is 0 Å². The number of allylic oxidation sites excluding steroid dienone is 1. The van der Waals surface area contributed by atoms with E-state index in [-0.39, 0.29) is 5.97 Å². The zero-order chi connectivity index (χ0) is 10.2. The first-order chi connectivity index (χ1) is 6.83. The molecule has 1 aromatic rings. The van der Waals surface area contributed by atoms with Gasteiger partial charge in [-0.3, -0.25) is 0 Å². The van der Waals surface area contributed by atoms with Crippen LogP contribution in [0.2, 0.25) is 0 Å². The van der Waals surface area contributed by atoms with Crippen LogP contribution in [0.5, 0.6) is 0 Å². The molecule has 0 radical (unpaired) electrons. The highest BCUT2D eigenvalue weighted by atomic mass is 16.5. The van der Waals surface area contributed by atoms with Crippen LogP contribution in [0.15, 0.2) is 42.5 Å². The number of rotatable bonds is 4. The maximum atomic E-state index is 10.9. The Morgan fingerprint density at radius 2 is 2.07 bits per heavy atom. The SMILES string of the molecule is CCOC(=O)/C=C\Cc1ccccc1. The Labute approximate surface area is 84.2 Å². The maximum Gasteiger partial charge on any atom is 0.330 e. The molecule has 0 heterocycles. The second-order valence-corrected chi connectivity index (χ2v) is 2.84. The third-order valence-corrected chi connectivity index (χ3v) is 1.74. The molecule has 0 aliphatic rings. The van der Waals surface area contributed by atoms with Crippen LogP contribution in [0.25, 0.3) is 0 Å². The lowest BCUT2D eigenvalue weighted by molar-refractivity contribution is -0.137. The molecule has 0 bridgehead atoms. The van der Waals surface area contributed by atoms with Gasteiger partial charge in [0.25, 0.3) is 0 Å². The third kappa shape index (κ3) is 3.90. The van der Waals surface area contributed by atoms with Crippen molar-refractivity contribution >= 4 is 5.97 Å². The fourth-order valence-electron chi connectivity index (χ4n) is 1.10. The molecule has 0 saturated heterocycles. The first-order valence-electron chi connectivity index (χ1n) is 4.70. The molecule has 0 saturated carbocycles.